The minimum Gasteiger partial charge on any atom is -0.496 e. The molecular formula is C24H28N6O2. The maximum absolute atomic E-state index is 11.7. The Morgan fingerprint density at radius 2 is 1.94 bits per heavy atom. The number of methoxy groups -OCH3 is 1. The number of aryl methyl sites for hydroxylation is 1. The average molecular weight is 433 g/mol. The Morgan fingerprint density at radius 1 is 1.19 bits per heavy atom. The SMILES string of the molecule is CC#C/C(=C\N(C)C)c1cc2c(N(C)c3c[nH]nc3C)c(N(C)C=O)cnc2cc1OC. The van der Waals surface area contributed by atoms with Gasteiger partial charge in [-0.05, 0) is 19.9 Å². The molecule has 1 aromatic carbocycles. The van der Waals surface area contributed by atoms with Crippen molar-refractivity contribution in [1.82, 2.24) is 20.1 Å². The first-order valence-electron chi connectivity index (χ1n) is 10.1. The molecule has 0 bridgehead atoms. The van der Waals surface area contributed by atoms with Gasteiger partial charge >= 0.3 is 0 Å². The highest BCUT2D eigenvalue weighted by Gasteiger charge is 2.21. The summed E-state index contributed by atoms with van der Waals surface area (Å²) in [5.74, 6) is 6.83. The van der Waals surface area contributed by atoms with Crippen molar-refractivity contribution in [2.45, 2.75) is 13.8 Å². The molecule has 0 spiro atoms. The van der Waals surface area contributed by atoms with Gasteiger partial charge in [0.2, 0.25) is 6.41 Å². The summed E-state index contributed by atoms with van der Waals surface area (Å²) < 4.78 is 5.69. The second kappa shape index (κ2) is 9.43. The van der Waals surface area contributed by atoms with E-state index in [2.05, 4.69) is 27.0 Å². The van der Waals surface area contributed by atoms with Crippen molar-refractivity contribution >= 4 is 39.9 Å². The molecule has 8 heteroatoms. The lowest BCUT2D eigenvalue weighted by atomic mass is 10.0. The van der Waals surface area contributed by atoms with Gasteiger partial charge in [-0.2, -0.15) is 5.10 Å². The lowest BCUT2D eigenvalue weighted by Gasteiger charge is -2.26. The minimum absolute atomic E-state index is 0.672. The summed E-state index contributed by atoms with van der Waals surface area (Å²) >= 11 is 0. The molecule has 0 aliphatic heterocycles. The first-order chi connectivity index (χ1) is 15.3. The number of nitrogens with one attached hydrogen (secondary N) is 1. The van der Waals surface area contributed by atoms with Crippen molar-refractivity contribution in [2.75, 3.05) is 45.1 Å². The fourth-order valence-electron chi connectivity index (χ4n) is 3.62. The molecule has 3 aromatic rings. The minimum atomic E-state index is 0.672. The smallest absolute Gasteiger partial charge is 0.213 e. The van der Waals surface area contributed by atoms with E-state index in [4.69, 9.17) is 4.74 Å². The number of hydrogen-bond donors (Lipinski definition) is 1. The highest BCUT2D eigenvalue weighted by molar-refractivity contribution is 6.05. The molecule has 8 nitrogen and oxygen atoms in total. The Bertz CT molecular complexity index is 1230. The van der Waals surface area contributed by atoms with E-state index in [9.17, 15) is 4.79 Å². The zero-order chi connectivity index (χ0) is 23.4. The predicted molar refractivity (Wildman–Crippen MR) is 129 cm³/mol. The summed E-state index contributed by atoms with van der Waals surface area (Å²) in [6.07, 6.45) is 6.25. The molecule has 0 saturated heterocycles. The summed E-state index contributed by atoms with van der Waals surface area (Å²) in [4.78, 5) is 21.7. The van der Waals surface area contributed by atoms with E-state index in [1.807, 2.05) is 62.4 Å². The molecule has 0 unspecified atom stereocenters. The van der Waals surface area contributed by atoms with Crippen molar-refractivity contribution < 1.29 is 9.53 Å². The van der Waals surface area contributed by atoms with Crippen LogP contribution >= 0.6 is 0 Å². The number of pyridine rings is 1. The van der Waals surface area contributed by atoms with Gasteiger partial charge in [-0.3, -0.25) is 14.9 Å². The van der Waals surface area contributed by atoms with Crippen LogP contribution in [0.15, 0.2) is 30.7 Å². The first kappa shape index (κ1) is 22.7. The summed E-state index contributed by atoms with van der Waals surface area (Å²) in [6.45, 7) is 3.73. The van der Waals surface area contributed by atoms with Gasteiger partial charge in [0.05, 0.1) is 47.2 Å². The largest absolute Gasteiger partial charge is 0.496 e. The molecule has 3 rings (SSSR count). The number of fused-ring (bicyclic) bond motifs is 1. The highest BCUT2D eigenvalue weighted by Crippen LogP contribution is 2.41. The molecule has 0 fully saturated rings. The second-order valence-corrected chi connectivity index (χ2v) is 7.57. The molecule has 0 radical (unpaired) electrons. The summed E-state index contributed by atoms with van der Waals surface area (Å²) in [5.41, 5.74) is 5.64. The van der Waals surface area contributed by atoms with E-state index < -0.39 is 0 Å². The van der Waals surface area contributed by atoms with Gasteiger partial charge in [0, 0.05) is 57.6 Å². The number of hydrogen-bond acceptors (Lipinski definition) is 6. The van der Waals surface area contributed by atoms with Crippen molar-refractivity contribution in [2.24, 2.45) is 0 Å². The van der Waals surface area contributed by atoms with Crippen LogP contribution in [0.5, 0.6) is 5.75 Å². The van der Waals surface area contributed by atoms with Crippen molar-refractivity contribution in [3.63, 3.8) is 0 Å². The topological polar surface area (TPSA) is 77.6 Å². The fraction of sp³-hybridized carbons (Fsp3) is 0.292. The summed E-state index contributed by atoms with van der Waals surface area (Å²) in [5, 5.41) is 8.01. The molecule has 2 heterocycles. The molecule has 1 N–H and O–H groups in total. The lowest BCUT2D eigenvalue weighted by molar-refractivity contribution is -0.107. The number of ether oxygens (including phenoxy) is 1. The lowest BCUT2D eigenvalue weighted by Crippen LogP contribution is -2.20. The number of aromatic nitrogens is 3. The van der Waals surface area contributed by atoms with Crippen LogP contribution in [-0.4, -0.2) is 61.8 Å². The van der Waals surface area contributed by atoms with Crippen LogP contribution in [0.25, 0.3) is 16.5 Å². The number of carbonyl (C=O) groups excluding carboxylic acids is 1. The zero-order valence-corrected chi connectivity index (χ0v) is 19.5. The third-order valence-electron chi connectivity index (χ3n) is 5.12. The van der Waals surface area contributed by atoms with Crippen molar-refractivity contribution in [3.05, 3.63) is 42.0 Å². The van der Waals surface area contributed by atoms with E-state index in [0.717, 1.165) is 45.5 Å². The van der Waals surface area contributed by atoms with Crippen LogP contribution in [0.3, 0.4) is 0 Å². The Kier molecular flexibility index (Phi) is 6.69. The third-order valence-corrected chi connectivity index (χ3v) is 5.12. The van der Waals surface area contributed by atoms with Crippen molar-refractivity contribution in [1.29, 1.82) is 0 Å². The number of carbonyl (C=O) groups is 1. The number of H-pyrrole nitrogens is 1. The molecule has 0 aliphatic carbocycles. The van der Waals surface area contributed by atoms with Crippen LogP contribution < -0.4 is 14.5 Å². The number of amides is 1. The molecule has 166 valence electrons. The number of aromatic amines is 1. The van der Waals surface area contributed by atoms with E-state index in [1.54, 1.807) is 27.3 Å². The van der Waals surface area contributed by atoms with Crippen LogP contribution in [0, 0.1) is 18.8 Å². The normalized spacial score (nSPS) is 11.0. The Balaban J connectivity index is 2.41. The summed E-state index contributed by atoms with van der Waals surface area (Å²) in [7, 11) is 9.18. The number of nitrogens with zero attached hydrogens (tertiary/aromatic N) is 5. The van der Waals surface area contributed by atoms with Gasteiger partial charge in [0.25, 0.3) is 0 Å². The number of benzene rings is 1. The summed E-state index contributed by atoms with van der Waals surface area (Å²) in [6, 6.07) is 3.92. The van der Waals surface area contributed by atoms with E-state index >= 15 is 0 Å². The van der Waals surface area contributed by atoms with Gasteiger partial charge in [0.15, 0.2) is 0 Å². The Hall–Kier alpha value is -3.99. The van der Waals surface area contributed by atoms with Crippen LogP contribution in [-0.2, 0) is 4.79 Å². The third kappa shape index (κ3) is 4.23. The molecule has 2 aromatic heterocycles. The second-order valence-electron chi connectivity index (χ2n) is 7.57. The Labute approximate surface area is 188 Å². The molecule has 1 amide bonds. The van der Waals surface area contributed by atoms with Gasteiger partial charge in [-0.25, -0.2) is 0 Å². The maximum Gasteiger partial charge on any atom is 0.213 e. The quantitative estimate of drug-likeness (QED) is 0.454. The molecule has 0 atom stereocenters. The average Bonchev–Trinajstić information content (AvgIpc) is 3.21. The number of anilines is 3. The van der Waals surface area contributed by atoms with E-state index in [-0.39, 0.29) is 0 Å². The monoisotopic (exact) mass is 432 g/mol. The zero-order valence-electron chi connectivity index (χ0n) is 19.5. The Morgan fingerprint density at radius 3 is 2.50 bits per heavy atom. The number of rotatable bonds is 7. The van der Waals surface area contributed by atoms with Gasteiger partial charge in [-0.1, -0.05) is 5.92 Å². The predicted octanol–water partition coefficient (Wildman–Crippen LogP) is 3.56. The number of allylic oxidation sites excluding steroid dienone is 1. The fourth-order valence-corrected chi connectivity index (χ4v) is 3.62. The first-order valence-corrected chi connectivity index (χ1v) is 10.1. The van der Waals surface area contributed by atoms with Crippen LogP contribution in [0.4, 0.5) is 17.1 Å². The standard InChI is InChI=1S/C24H28N6O2/c1-8-9-17(14-28(3)4)18-10-19-20(11-23(18)32-7)25-12-22(29(5)15-31)24(19)30(6)21-13-26-27-16(21)2/h10-15H,1-7H3,(H,26,27)/b17-14+. The van der Waals surface area contributed by atoms with E-state index in [0.29, 0.717) is 11.4 Å². The van der Waals surface area contributed by atoms with Crippen LogP contribution in [0.2, 0.25) is 0 Å². The molecular weight excluding hydrogens is 404 g/mol. The highest BCUT2D eigenvalue weighted by atomic mass is 16.5. The van der Waals surface area contributed by atoms with Crippen molar-refractivity contribution in [3.8, 4) is 17.6 Å². The van der Waals surface area contributed by atoms with Gasteiger partial charge in [0.1, 0.15) is 5.75 Å². The van der Waals surface area contributed by atoms with Crippen LogP contribution in [0.1, 0.15) is 18.2 Å². The molecule has 32 heavy (non-hydrogen) atoms. The van der Waals surface area contributed by atoms with Gasteiger partial charge < -0.3 is 19.4 Å². The molecule has 0 aliphatic rings. The molecule has 0 saturated carbocycles. The van der Waals surface area contributed by atoms with E-state index in [1.165, 1.54) is 4.90 Å². The maximum atomic E-state index is 11.7. The van der Waals surface area contributed by atoms with Gasteiger partial charge in [-0.15, -0.1) is 5.92 Å².